The average Bonchev–Trinajstić information content (AvgIpc) is 2.66. The zero-order valence-corrected chi connectivity index (χ0v) is 10.5. The van der Waals surface area contributed by atoms with Gasteiger partial charge in [0.1, 0.15) is 0 Å². The first-order valence-electron chi connectivity index (χ1n) is 5.02. The molecule has 0 bridgehead atoms. The van der Waals surface area contributed by atoms with Crippen LogP contribution in [-0.2, 0) is 0 Å². The van der Waals surface area contributed by atoms with Crippen LogP contribution in [0.5, 0.6) is 5.88 Å². The van der Waals surface area contributed by atoms with E-state index in [4.69, 9.17) is 4.74 Å². The van der Waals surface area contributed by atoms with Crippen LogP contribution in [0.2, 0.25) is 0 Å². The van der Waals surface area contributed by atoms with Gasteiger partial charge in [0.15, 0.2) is 0 Å². The van der Waals surface area contributed by atoms with Crippen molar-refractivity contribution in [2.24, 2.45) is 5.92 Å². The molecule has 0 radical (unpaired) electrons. The molecule has 2 heterocycles. The lowest BCUT2D eigenvalue weighted by Gasteiger charge is -2.16. The standard InChI is InChI=1S/C10H14BrN3O/c1-7-3-4-14(6-7)10-12-5-8(11)9(13-10)15-2/h5,7H,3-4,6H2,1-2H3. The summed E-state index contributed by atoms with van der Waals surface area (Å²) in [4.78, 5) is 10.8. The van der Waals surface area contributed by atoms with Crippen molar-refractivity contribution in [3.8, 4) is 5.88 Å². The first-order chi connectivity index (χ1) is 7.20. The van der Waals surface area contributed by atoms with Crippen molar-refractivity contribution < 1.29 is 4.74 Å². The van der Waals surface area contributed by atoms with E-state index in [-0.39, 0.29) is 0 Å². The van der Waals surface area contributed by atoms with Gasteiger partial charge in [0.25, 0.3) is 0 Å². The molecular weight excluding hydrogens is 258 g/mol. The third-order valence-corrected chi connectivity index (χ3v) is 3.14. The zero-order valence-electron chi connectivity index (χ0n) is 8.90. The van der Waals surface area contributed by atoms with Crippen molar-refractivity contribution in [1.82, 2.24) is 9.97 Å². The van der Waals surface area contributed by atoms with E-state index in [1.54, 1.807) is 13.3 Å². The number of anilines is 1. The molecule has 1 fully saturated rings. The number of hydrogen-bond acceptors (Lipinski definition) is 4. The summed E-state index contributed by atoms with van der Waals surface area (Å²) in [6.07, 6.45) is 2.95. The number of halogens is 1. The predicted molar refractivity (Wildman–Crippen MR) is 62.3 cm³/mol. The molecule has 1 aromatic heterocycles. The fourth-order valence-corrected chi connectivity index (χ4v) is 2.11. The molecule has 15 heavy (non-hydrogen) atoms. The summed E-state index contributed by atoms with van der Waals surface area (Å²) in [7, 11) is 1.61. The van der Waals surface area contributed by atoms with E-state index < -0.39 is 0 Å². The van der Waals surface area contributed by atoms with Gasteiger partial charge in [0.2, 0.25) is 11.8 Å². The molecule has 5 heteroatoms. The fraction of sp³-hybridized carbons (Fsp3) is 0.600. The fourth-order valence-electron chi connectivity index (χ4n) is 1.75. The van der Waals surface area contributed by atoms with Crippen LogP contribution in [0, 0.1) is 5.92 Å². The van der Waals surface area contributed by atoms with E-state index in [9.17, 15) is 0 Å². The third-order valence-electron chi connectivity index (χ3n) is 2.60. The number of aromatic nitrogens is 2. The van der Waals surface area contributed by atoms with Crippen molar-refractivity contribution in [3.63, 3.8) is 0 Å². The van der Waals surface area contributed by atoms with E-state index >= 15 is 0 Å². The lowest BCUT2D eigenvalue weighted by Crippen LogP contribution is -2.21. The minimum atomic E-state index is 0.597. The Hall–Kier alpha value is -0.840. The quantitative estimate of drug-likeness (QED) is 0.826. The maximum atomic E-state index is 5.15. The van der Waals surface area contributed by atoms with Gasteiger partial charge in [-0.2, -0.15) is 4.98 Å². The molecule has 2 rings (SSSR count). The van der Waals surface area contributed by atoms with E-state index in [0.29, 0.717) is 5.88 Å². The summed E-state index contributed by atoms with van der Waals surface area (Å²) in [5, 5.41) is 0. The van der Waals surface area contributed by atoms with Crippen LogP contribution in [-0.4, -0.2) is 30.2 Å². The highest BCUT2D eigenvalue weighted by atomic mass is 79.9. The van der Waals surface area contributed by atoms with E-state index in [1.807, 2.05) is 0 Å². The van der Waals surface area contributed by atoms with E-state index in [1.165, 1.54) is 6.42 Å². The van der Waals surface area contributed by atoms with Gasteiger partial charge in [-0.15, -0.1) is 0 Å². The maximum absolute atomic E-state index is 5.15. The highest BCUT2D eigenvalue weighted by molar-refractivity contribution is 9.10. The summed E-state index contributed by atoms with van der Waals surface area (Å²) >= 11 is 3.34. The molecule has 1 aliphatic rings. The van der Waals surface area contributed by atoms with Crippen LogP contribution < -0.4 is 9.64 Å². The van der Waals surface area contributed by atoms with Gasteiger partial charge in [-0.3, -0.25) is 0 Å². The molecule has 1 atom stereocenters. The highest BCUT2D eigenvalue weighted by Crippen LogP contribution is 2.26. The van der Waals surface area contributed by atoms with Gasteiger partial charge in [-0.1, -0.05) is 6.92 Å². The Balaban J connectivity index is 2.21. The second-order valence-electron chi connectivity index (χ2n) is 3.87. The molecule has 0 aliphatic carbocycles. The Bertz CT molecular complexity index is 359. The number of ether oxygens (including phenoxy) is 1. The van der Waals surface area contributed by atoms with E-state index in [2.05, 4.69) is 37.7 Å². The second-order valence-corrected chi connectivity index (χ2v) is 4.72. The molecular formula is C10H14BrN3O. The maximum Gasteiger partial charge on any atom is 0.232 e. The monoisotopic (exact) mass is 271 g/mol. The largest absolute Gasteiger partial charge is 0.480 e. The molecule has 1 aliphatic heterocycles. The lowest BCUT2D eigenvalue weighted by atomic mass is 10.2. The number of nitrogens with zero attached hydrogens (tertiary/aromatic N) is 3. The Labute approximate surface area is 97.8 Å². The Kier molecular flexibility index (Phi) is 3.09. The number of hydrogen-bond donors (Lipinski definition) is 0. The van der Waals surface area contributed by atoms with Gasteiger partial charge in [0, 0.05) is 13.1 Å². The molecule has 0 N–H and O–H groups in total. The molecule has 82 valence electrons. The van der Waals surface area contributed by atoms with Crippen LogP contribution in [0.15, 0.2) is 10.7 Å². The molecule has 4 nitrogen and oxygen atoms in total. The molecule has 1 aromatic rings. The van der Waals surface area contributed by atoms with Gasteiger partial charge < -0.3 is 9.64 Å². The van der Waals surface area contributed by atoms with Gasteiger partial charge in [0.05, 0.1) is 17.8 Å². The molecule has 1 unspecified atom stereocenters. The summed E-state index contributed by atoms with van der Waals surface area (Å²) < 4.78 is 5.94. The zero-order chi connectivity index (χ0) is 10.8. The SMILES string of the molecule is COc1nc(N2CCC(C)C2)ncc1Br. The van der Waals surface area contributed by atoms with Crippen molar-refractivity contribution in [2.45, 2.75) is 13.3 Å². The van der Waals surface area contributed by atoms with Crippen LogP contribution in [0.1, 0.15) is 13.3 Å². The topological polar surface area (TPSA) is 38.2 Å². The summed E-state index contributed by atoms with van der Waals surface area (Å²) in [6, 6.07) is 0. The predicted octanol–water partition coefficient (Wildman–Crippen LogP) is 2.09. The molecule has 0 saturated carbocycles. The second kappa shape index (κ2) is 4.35. The van der Waals surface area contributed by atoms with E-state index in [0.717, 1.165) is 29.4 Å². The number of rotatable bonds is 2. The lowest BCUT2D eigenvalue weighted by molar-refractivity contribution is 0.394. The van der Waals surface area contributed by atoms with Crippen LogP contribution in [0.25, 0.3) is 0 Å². The van der Waals surface area contributed by atoms with Gasteiger partial charge in [-0.05, 0) is 28.3 Å². The molecule has 0 spiro atoms. The van der Waals surface area contributed by atoms with Crippen molar-refractivity contribution in [1.29, 1.82) is 0 Å². The van der Waals surface area contributed by atoms with Crippen molar-refractivity contribution >= 4 is 21.9 Å². The Morgan fingerprint density at radius 1 is 1.60 bits per heavy atom. The van der Waals surface area contributed by atoms with Crippen LogP contribution >= 0.6 is 15.9 Å². The minimum absolute atomic E-state index is 0.597. The van der Waals surface area contributed by atoms with Crippen molar-refractivity contribution in [3.05, 3.63) is 10.7 Å². The molecule has 0 aromatic carbocycles. The van der Waals surface area contributed by atoms with Crippen molar-refractivity contribution in [2.75, 3.05) is 25.1 Å². The molecule has 1 saturated heterocycles. The first-order valence-corrected chi connectivity index (χ1v) is 5.81. The first kappa shape index (κ1) is 10.7. The Morgan fingerprint density at radius 2 is 2.40 bits per heavy atom. The summed E-state index contributed by atoms with van der Waals surface area (Å²) in [5.74, 6) is 2.09. The Morgan fingerprint density at radius 3 is 3.00 bits per heavy atom. The van der Waals surface area contributed by atoms with Gasteiger partial charge >= 0.3 is 0 Å². The van der Waals surface area contributed by atoms with Crippen LogP contribution in [0.4, 0.5) is 5.95 Å². The summed E-state index contributed by atoms with van der Waals surface area (Å²) in [5.41, 5.74) is 0. The minimum Gasteiger partial charge on any atom is -0.480 e. The van der Waals surface area contributed by atoms with Crippen LogP contribution in [0.3, 0.4) is 0 Å². The number of methoxy groups -OCH3 is 1. The third kappa shape index (κ3) is 2.22. The molecule has 0 amide bonds. The highest BCUT2D eigenvalue weighted by Gasteiger charge is 2.21. The smallest absolute Gasteiger partial charge is 0.232 e. The average molecular weight is 272 g/mol. The van der Waals surface area contributed by atoms with Gasteiger partial charge in [-0.25, -0.2) is 4.98 Å². The normalized spacial score (nSPS) is 20.7. The summed E-state index contributed by atoms with van der Waals surface area (Å²) in [6.45, 7) is 4.31.